The van der Waals surface area contributed by atoms with Crippen molar-refractivity contribution in [1.29, 1.82) is 0 Å². The van der Waals surface area contributed by atoms with Gasteiger partial charge in [0, 0.05) is 25.7 Å². The molecule has 20 heavy (non-hydrogen) atoms. The number of likely N-dealkylation sites (N-methyl/N-ethyl adjacent to an activating group) is 1. The Morgan fingerprint density at radius 3 is 2.55 bits per heavy atom. The standard InChI is InChI=1S/C16H26N2O2/c1-18(9-10-20-12-13-3-4-13)16(11-17)14-5-7-15(19-2)8-6-14/h5-8,13,16H,3-4,9-12,17H2,1-2H3. The predicted octanol–water partition coefficient (Wildman–Crippen LogP) is 2.05. The van der Waals surface area contributed by atoms with Crippen molar-refractivity contribution in [2.24, 2.45) is 11.7 Å². The SMILES string of the molecule is COc1ccc(C(CN)N(C)CCOCC2CC2)cc1. The van der Waals surface area contributed by atoms with Crippen LogP contribution in [0, 0.1) is 5.92 Å². The first kappa shape index (κ1) is 15.3. The van der Waals surface area contributed by atoms with Gasteiger partial charge in [-0.2, -0.15) is 0 Å². The van der Waals surface area contributed by atoms with Gasteiger partial charge in [-0.25, -0.2) is 0 Å². The van der Waals surface area contributed by atoms with Crippen molar-refractivity contribution in [1.82, 2.24) is 4.90 Å². The number of hydrogen-bond acceptors (Lipinski definition) is 4. The highest BCUT2D eigenvalue weighted by Gasteiger charge is 2.21. The zero-order valence-electron chi connectivity index (χ0n) is 12.5. The van der Waals surface area contributed by atoms with Gasteiger partial charge in [-0.3, -0.25) is 4.90 Å². The van der Waals surface area contributed by atoms with Crippen LogP contribution in [0.2, 0.25) is 0 Å². The van der Waals surface area contributed by atoms with Crippen LogP contribution in [-0.4, -0.2) is 45.4 Å². The van der Waals surface area contributed by atoms with Crippen molar-refractivity contribution in [3.8, 4) is 5.75 Å². The fourth-order valence-electron chi connectivity index (χ4n) is 2.30. The molecule has 1 atom stereocenters. The fourth-order valence-corrected chi connectivity index (χ4v) is 2.30. The molecule has 112 valence electrons. The number of nitrogens with two attached hydrogens (primary N) is 1. The smallest absolute Gasteiger partial charge is 0.118 e. The summed E-state index contributed by atoms with van der Waals surface area (Å²) in [6.07, 6.45) is 2.68. The summed E-state index contributed by atoms with van der Waals surface area (Å²) in [6.45, 7) is 3.20. The molecule has 0 bridgehead atoms. The number of hydrogen-bond donors (Lipinski definition) is 1. The Balaban J connectivity index is 1.81. The number of benzene rings is 1. The van der Waals surface area contributed by atoms with Gasteiger partial charge in [-0.15, -0.1) is 0 Å². The molecule has 0 amide bonds. The number of ether oxygens (including phenoxy) is 2. The van der Waals surface area contributed by atoms with Crippen LogP contribution < -0.4 is 10.5 Å². The summed E-state index contributed by atoms with van der Waals surface area (Å²) in [4.78, 5) is 2.26. The van der Waals surface area contributed by atoms with Gasteiger partial charge in [-0.1, -0.05) is 12.1 Å². The third-order valence-electron chi connectivity index (χ3n) is 3.89. The first-order chi connectivity index (χ1) is 9.74. The minimum Gasteiger partial charge on any atom is -0.497 e. The molecule has 1 saturated carbocycles. The highest BCUT2D eigenvalue weighted by atomic mass is 16.5. The Hall–Kier alpha value is -1.10. The largest absolute Gasteiger partial charge is 0.497 e. The van der Waals surface area contributed by atoms with Crippen molar-refractivity contribution < 1.29 is 9.47 Å². The minimum absolute atomic E-state index is 0.227. The van der Waals surface area contributed by atoms with Crippen molar-refractivity contribution in [3.05, 3.63) is 29.8 Å². The Bertz CT molecular complexity index is 390. The van der Waals surface area contributed by atoms with Crippen LogP contribution in [0.1, 0.15) is 24.4 Å². The van der Waals surface area contributed by atoms with E-state index in [1.54, 1.807) is 7.11 Å². The maximum absolute atomic E-state index is 5.92. The van der Waals surface area contributed by atoms with E-state index in [0.29, 0.717) is 6.54 Å². The average Bonchev–Trinajstić information content (AvgIpc) is 3.29. The van der Waals surface area contributed by atoms with Gasteiger partial charge < -0.3 is 15.2 Å². The molecule has 0 saturated heterocycles. The molecule has 0 radical (unpaired) electrons. The molecule has 2 N–H and O–H groups in total. The maximum Gasteiger partial charge on any atom is 0.118 e. The molecule has 1 aliphatic carbocycles. The van der Waals surface area contributed by atoms with Crippen LogP contribution in [0.25, 0.3) is 0 Å². The van der Waals surface area contributed by atoms with E-state index >= 15 is 0 Å². The molecule has 1 aromatic carbocycles. The van der Waals surface area contributed by atoms with Gasteiger partial charge in [0.2, 0.25) is 0 Å². The average molecular weight is 278 g/mol. The second-order valence-corrected chi connectivity index (χ2v) is 5.52. The molecule has 0 aromatic heterocycles. The van der Waals surface area contributed by atoms with Crippen LogP contribution in [-0.2, 0) is 4.74 Å². The molecule has 1 aliphatic rings. The summed E-state index contributed by atoms with van der Waals surface area (Å²) >= 11 is 0. The second kappa shape index (κ2) is 7.62. The van der Waals surface area contributed by atoms with Gasteiger partial charge in [0.15, 0.2) is 0 Å². The third kappa shape index (κ3) is 4.47. The summed E-state index contributed by atoms with van der Waals surface area (Å²) < 4.78 is 10.9. The monoisotopic (exact) mass is 278 g/mol. The first-order valence-electron chi connectivity index (χ1n) is 7.36. The van der Waals surface area contributed by atoms with Crippen molar-refractivity contribution in [2.75, 3.05) is 40.5 Å². The van der Waals surface area contributed by atoms with Gasteiger partial charge in [0.25, 0.3) is 0 Å². The Morgan fingerprint density at radius 2 is 2.00 bits per heavy atom. The van der Waals surface area contributed by atoms with E-state index in [0.717, 1.165) is 31.4 Å². The fraction of sp³-hybridized carbons (Fsp3) is 0.625. The van der Waals surface area contributed by atoms with E-state index in [1.807, 2.05) is 12.1 Å². The Morgan fingerprint density at radius 1 is 1.30 bits per heavy atom. The number of methoxy groups -OCH3 is 1. The molecular formula is C16H26N2O2. The number of rotatable bonds is 9. The maximum atomic E-state index is 5.92. The van der Waals surface area contributed by atoms with Crippen molar-refractivity contribution in [2.45, 2.75) is 18.9 Å². The van der Waals surface area contributed by atoms with Gasteiger partial charge in [0.05, 0.1) is 13.7 Å². The normalized spacial score (nSPS) is 16.4. The third-order valence-corrected chi connectivity index (χ3v) is 3.89. The summed E-state index contributed by atoms with van der Waals surface area (Å²) in [6, 6.07) is 8.35. The van der Waals surface area contributed by atoms with E-state index < -0.39 is 0 Å². The van der Waals surface area contributed by atoms with E-state index in [9.17, 15) is 0 Å². The Labute approximate surface area is 121 Å². The highest BCUT2D eigenvalue weighted by molar-refractivity contribution is 5.29. The van der Waals surface area contributed by atoms with E-state index in [1.165, 1.54) is 18.4 Å². The van der Waals surface area contributed by atoms with Gasteiger partial charge in [-0.05, 0) is 43.5 Å². The lowest BCUT2D eigenvalue weighted by atomic mass is 10.1. The molecule has 4 nitrogen and oxygen atoms in total. The lowest BCUT2D eigenvalue weighted by Crippen LogP contribution is -2.33. The Kier molecular flexibility index (Phi) is 5.83. The number of nitrogens with zero attached hydrogens (tertiary/aromatic N) is 1. The van der Waals surface area contributed by atoms with Crippen LogP contribution >= 0.6 is 0 Å². The molecule has 2 rings (SSSR count). The highest BCUT2D eigenvalue weighted by Crippen LogP contribution is 2.28. The van der Waals surface area contributed by atoms with Crippen LogP contribution in [0.5, 0.6) is 5.75 Å². The molecule has 1 fully saturated rings. The molecular weight excluding hydrogens is 252 g/mol. The van der Waals surface area contributed by atoms with E-state index in [4.69, 9.17) is 15.2 Å². The zero-order chi connectivity index (χ0) is 14.4. The molecule has 1 unspecified atom stereocenters. The van der Waals surface area contributed by atoms with Crippen LogP contribution in [0.3, 0.4) is 0 Å². The lowest BCUT2D eigenvalue weighted by Gasteiger charge is -2.27. The quantitative estimate of drug-likeness (QED) is 0.702. The molecule has 0 spiro atoms. The van der Waals surface area contributed by atoms with E-state index in [2.05, 4.69) is 24.1 Å². The summed E-state index contributed by atoms with van der Waals surface area (Å²) in [5.74, 6) is 1.70. The van der Waals surface area contributed by atoms with Crippen molar-refractivity contribution in [3.63, 3.8) is 0 Å². The first-order valence-corrected chi connectivity index (χ1v) is 7.36. The molecule has 4 heteroatoms. The lowest BCUT2D eigenvalue weighted by molar-refractivity contribution is 0.0922. The molecule has 0 aliphatic heterocycles. The minimum atomic E-state index is 0.227. The topological polar surface area (TPSA) is 47.7 Å². The van der Waals surface area contributed by atoms with Gasteiger partial charge in [0.1, 0.15) is 5.75 Å². The van der Waals surface area contributed by atoms with E-state index in [-0.39, 0.29) is 6.04 Å². The summed E-state index contributed by atoms with van der Waals surface area (Å²) in [7, 11) is 3.78. The predicted molar refractivity (Wildman–Crippen MR) is 81.0 cm³/mol. The van der Waals surface area contributed by atoms with Crippen LogP contribution in [0.15, 0.2) is 24.3 Å². The van der Waals surface area contributed by atoms with Crippen LogP contribution in [0.4, 0.5) is 0 Å². The molecule has 0 heterocycles. The summed E-state index contributed by atoms with van der Waals surface area (Å²) in [5.41, 5.74) is 7.15. The second-order valence-electron chi connectivity index (χ2n) is 5.52. The zero-order valence-corrected chi connectivity index (χ0v) is 12.5. The molecule has 1 aromatic rings. The summed E-state index contributed by atoms with van der Waals surface area (Å²) in [5, 5.41) is 0. The van der Waals surface area contributed by atoms with Gasteiger partial charge >= 0.3 is 0 Å². The van der Waals surface area contributed by atoms with Crippen molar-refractivity contribution >= 4 is 0 Å².